The largest absolute Gasteiger partial charge is 0.362 e. The summed E-state index contributed by atoms with van der Waals surface area (Å²) in [6, 6.07) is 0.677. The van der Waals surface area contributed by atoms with Gasteiger partial charge in [0.25, 0.3) is 0 Å². The Hall–Kier alpha value is -0.310. The minimum absolute atomic E-state index is 0.601. The third kappa shape index (κ3) is 2.84. The molecule has 2 saturated carbocycles. The lowest BCUT2D eigenvalue weighted by Gasteiger charge is -2.16. The van der Waals surface area contributed by atoms with Crippen molar-refractivity contribution in [1.29, 1.82) is 0 Å². The van der Waals surface area contributed by atoms with Gasteiger partial charge in [-0.25, -0.2) is 0 Å². The number of nitrogens with one attached hydrogen (secondary N) is 2. The lowest BCUT2D eigenvalue weighted by Crippen LogP contribution is -2.39. The van der Waals surface area contributed by atoms with Gasteiger partial charge in [0.05, 0.1) is 0 Å². The summed E-state index contributed by atoms with van der Waals surface area (Å²) in [4.78, 5) is 0. The highest BCUT2D eigenvalue weighted by atomic mass is 32.1. The summed E-state index contributed by atoms with van der Waals surface area (Å²) in [5.41, 5.74) is 0.601. The second-order valence-corrected chi connectivity index (χ2v) is 5.26. The molecular formula is C11H20N2S. The molecule has 0 bridgehead atoms. The first-order valence-corrected chi connectivity index (χ1v) is 6.19. The molecule has 2 nitrogen and oxygen atoms in total. The van der Waals surface area contributed by atoms with Crippen molar-refractivity contribution in [3.63, 3.8) is 0 Å². The van der Waals surface area contributed by atoms with Crippen LogP contribution in [0, 0.1) is 5.41 Å². The van der Waals surface area contributed by atoms with Gasteiger partial charge in [-0.2, -0.15) is 0 Å². The van der Waals surface area contributed by atoms with Crippen molar-refractivity contribution >= 4 is 17.3 Å². The zero-order valence-electron chi connectivity index (χ0n) is 8.94. The van der Waals surface area contributed by atoms with Crippen molar-refractivity contribution in [3.05, 3.63) is 0 Å². The predicted molar refractivity (Wildman–Crippen MR) is 63.3 cm³/mol. The van der Waals surface area contributed by atoms with Gasteiger partial charge >= 0.3 is 0 Å². The van der Waals surface area contributed by atoms with Crippen LogP contribution in [0.5, 0.6) is 0 Å². The highest BCUT2D eigenvalue weighted by Crippen LogP contribution is 2.48. The lowest BCUT2D eigenvalue weighted by atomic mass is 10.0. The molecule has 0 heterocycles. The van der Waals surface area contributed by atoms with Crippen LogP contribution in [0.1, 0.15) is 45.4 Å². The zero-order valence-corrected chi connectivity index (χ0v) is 9.75. The van der Waals surface area contributed by atoms with E-state index in [1.54, 1.807) is 0 Å². The van der Waals surface area contributed by atoms with E-state index in [0.717, 1.165) is 11.7 Å². The van der Waals surface area contributed by atoms with Gasteiger partial charge in [0.2, 0.25) is 0 Å². The molecule has 3 heteroatoms. The van der Waals surface area contributed by atoms with Gasteiger partial charge in [-0.05, 0) is 49.7 Å². The molecule has 0 atom stereocenters. The monoisotopic (exact) mass is 212 g/mol. The molecule has 2 aliphatic rings. The molecule has 0 saturated heterocycles. The Morgan fingerprint density at radius 2 is 2.14 bits per heavy atom. The summed E-state index contributed by atoms with van der Waals surface area (Å²) in [5, 5.41) is 7.55. The van der Waals surface area contributed by atoms with E-state index in [2.05, 4.69) is 17.6 Å². The molecule has 0 spiro atoms. The van der Waals surface area contributed by atoms with E-state index in [-0.39, 0.29) is 0 Å². The first kappa shape index (κ1) is 10.2. The summed E-state index contributed by atoms with van der Waals surface area (Å²) in [7, 11) is 0. The van der Waals surface area contributed by atoms with Crippen molar-refractivity contribution in [2.75, 3.05) is 6.54 Å². The Morgan fingerprint density at radius 3 is 2.64 bits per heavy atom. The quantitative estimate of drug-likeness (QED) is 0.683. The second kappa shape index (κ2) is 4.05. The molecule has 14 heavy (non-hydrogen) atoms. The van der Waals surface area contributed by atoms with Crippen LogP contribution in [0.3, 0.4) is 0 Å². The summed E-state index contributed by atoms with van der Waals surface area (Å²) >= 11 is 5.23. The van der Waals surface area contributed by atoms with E-state index >= 15 is 0 Å². The molecule has 0 radical (unpaired) electrons. The van der Waals surface area contributed by atoms with Crippen molar-refractivity contribution in [2.24, 2.45) is 5.41 Å². The predicted octanol–water partition coefficient (Wildman–Crippen LogP) is 2.19. The lowest BCUT2D eigenvalue weighted by molar-refractivity contribution is 0.451. The van der Waals surface area contributed by atoms with Crippen LogP contribution in [0.2, 0.25) is 0 Å². The average Bonchev–Trinajstić information content (AvgIpc) is 3.00. The molecule has 80 valence electrons. The van der Waals surface area contributed by atoms with Gasteiger partial charge in [-0.1, -0.05) is 13.3 Å². The highest BCUT2D eigenvalue weighted by Gasteiger charge is 2.41. The molecule has 0 aromatic rings. The van der Waals surface area contributed by atoms with E-state index in [0.29, 0.717) is 11.5 Å². The standard InChI is InChI=1S/C11H20N2S/c1-2-5-11(6-7-11)8-12-10(14)13-9-3-4-9/h9H,2-8H2,1H3,(H2,12,13,14). The highest BCUT2D eigenvalue weighted by molar-refractivity contribution is 7.80. The van der Waals surface area contributed by atoms with Gasteiger partial charge in [0, 0.05) is 12.6 Å². The summed E-state index contributed by atoms with van der Waals surface area (Å²) in [6.45, 7) is 3.35. The van der Waals surface area contributed by atoms with Crippen molar-refractivity contribution in [1.82, 2.24) is 10.6 Å². The fraction of sp³-hybridized carbons (Fsp3) is 0.909. The molecule has 2 aliphatic carbocycles. The number of rotatable bonds is 5. The zero-order chi connectivity index (χ0) is 10.0. The summed E-state index contributed by atoms with van der Waals surface area (Å²) < 4.78 is 0. The maximum Gasteiger partial charge on any atom is 0.166 e. The van der Waals surface area contributed by atoms with Gasteiger partial charge in [0.15, 0.2) is 5.11 Å². The minimum Gasteiger partial charge on any atom is -0.362 e. The van der Waals surface area contributed by atoms with Crippen LogP contribution in [0.15, 0.2) is 0 Å². The van der Waals surface area contributed by atoms with Gasteiger partial charge in [-0.15, -0.1) is 0 Å². The van der Waals surface area contributed by atoms with Crippen LogP contribution in [0.25, 0.3) is 0 Å². The molecule has 2 N–H and O–H groups in total. The van der Waals surface area contributed by atoms with E-state index < -0.39 is 0 Å². The fourth-order valence-corrected chi connectivity index (χ4v) is 2.19. The Morgan fingerprint density at radius 1 is 1.43 bits per heavy atom. The van der Waals surface area contributed by atoms with Crippen LogP contribution in [-0.2, 0) is 0 Å². The van der Waals surface area contributed by atoms with Crippen molar-refractivity contribution in [2.45, 2.75) is 51.5 Å². The molecule has 0 aromatic heterocycles. The SMILES string of the molecule is CCCC1(CNC(=S)NC2CC2)CC1. The minimum atomic E-state index is 0.601. The smallest absolute Gasteiger partial charge is 0.166 e. The molecule has 0 unspecified atom stereocenters. The summed E-state index contributed by atoms with van der Waals surface area (Å²) in [5.74, 6) is 0. The van der Waals surface area contributed by atoms with Crippen LogP contribution >= 0.6 is 12.2 Å². The van der Waals surface area contributed by atoms with E-state index in [9.17, 15) is 0 Å². The second-order valence-electron chi connectivity index (χ2n) is 4.85. The Kier molecular flexibility index (Phi) is 2.96. The Balaban J connectivity index is 1.63. The molecule has 0 aliphatic heterocycles. The molecule has 2 fully saturated rings. The Labute approximate surface area is 91.8 Å². The van der Waals surface area contributed by atoms with E-state index in [1.807, 2.05) is 0 Å². The average molecular weight is 212 g/mol. The topological polar surface area (TPSA) is 24.1 Å². The fourth-order valence-electron chi connectivity index (χ4n) is 1.95. The molecular weight excluding hydrogens is 192 g/mol. The van der Waals surface area contributed by atoms with Crippen LogP contribution < -0.4 is 10.6 Å². The maximum atomic E-state index is 5.23. The normalized spacial score (nSPS) is 22.9. The first-order valence-electron chi connectivity index (χ1n) is 5.78. The summed E-state index contributed by atoms with van der Waals surface area (Å²) in [6.07, 6.45) is 8.01. The van der Waals surface area contributed by atoms with Gasteiger partial charge in [-0.3, -0.25) is 0 Å². The van der Waals surface area contributed by atoms with E-state index in [1.165, 1.54) is 38.5 Å². The molecule has 2 rings (SSSR count). The van der Waals surface area contributed by atoms with E-state index in [4.69, 9.17) is 12.2 Å². The van der Waals surface area contributed by atoms with Gasteiger partial charge in [0.1, 0.15) is 0 Å². The van der Waals surface area contributed by atoms with Crippen molar-refractivity contribution < 1.29 is 0 Å². The first-order chi connectivity index (χ1) is 6.74. The van der Waals surface area contributed by atoms with Gasteiger partial charge < -0.3 is 10.6 Å². The number of thiocarbonyl (C=S) groups is 1. The van der Waals surface area contributed by atoms with Crippen LogP contribution in [-0.4, -0.2) is 17.7 Å². The number of hydrogen-bond acceptors (Lipinski definition) is 1. The van der Waals surface area contributed by atoms with Crippen molar-refractivity contribution in [3.8, 4) is 0 Å². The Bertz CT molecular complexity index is 219. The number of hydrogen-bond donors (Lipinski definition) is 2. The molecule has 0 aromatic carbocycles. The third-order valence-electron chi connectivity index (χ3n) is 3.27. The van der Waals surface area contributed by atoms with Crippen LogP contribution in [0.4, 0.5) is 0 Å². The maximum absolute atomic E-state index is 5.23. The molecule has 0 amide bonds. The third-order valence-corrected chi connectivity index (χ3v) is 3.54.